The van der Waals surface area contributed by atoms with Crippen molar-refractivity contribution in [2.75, 3.05) is 6.26 Å². The van der Waals surface area contributed by atoms with Crippen LogP contribution < -0.4 is 5.32 Å². The van der Waals surface area contributed by atoms with Gasteiger partial charge in [-0.05, 0) is 49.1 Å². The van der Waals surface area contributed by atoms with E-state index in [1.54, 1.807) is 6.26 Å². The van der Waals surface area contributed by atoms with Crippen LogP contribution in [0.3, 0.4) is 0 Å². The Kier molecular flexibility index (Phi) is 6.11. The van der Waals surface area contributed by atoms with Gasteiger partial charge in [0, 0.05) is 28.0 Å². The molecule has 4 heteroatoms. The second-order valence-electron chi connectivity index (χ2n) is 5.87. The predicted molar refractivity (Wildman–Crippen MR) is 95.0 cm³/mol. The first kappa shape index (κ1) is 17.4. The Bertz CT molecular complexity index is 695. The van der Waals surface area contributed by atoms with Gasteiger partial charge in [0.25, 0.3) is 0 Å². The Morgan fingerprint density at radius 3 is 2.39 bits per heavy atom. The average molecular weight is 329 g/mol. The molecule has 0 bridgehead atoms. The van der Waals surface area contributed by atoms with Crippen LogP contribution in [0, 0.1) is 6.92 Å². The number of rotatable bonds is 6. The normalized spacial score (nSPS) is 13.3. The number of hydrogen-bond donors (Lipinski definition) is 1. The molecule has 0 heterocycles. The van der Waals surface area contributed by atoms with Gasteiger partial charge >= 0.3 is 0 Å². The van der Waals surface area contributed by atoms with Crippen LogP contribution in [0.2, 0.25) is 0 Å². The van der Waals surface area contributed by atoms with Crippen LogP contribution in [-0.4, -0.2) is 22.4 Å². The van der Waals surface area contributed by atoms with Gasteiger partial charge in [-0.25, -0.2) is 0 Å². The zero-order valence-electron chi connectivity index (χ0n) is 13.8. The van der Waals surface area contributed by atoms with Crippen molar-refractivity contribution in [3.05, 3.63) is 65.2 Å². The molecule has 0 spiro atoms. The van der Waals surface area contributed by atoms with Crippen LogP contribution in [0.15, 0.2) is 53.4 Å². The molecular weight excluding hydrogens is 306 g/mol. The second-order valence-corrected chi connectivity index (χ2v) is 7.25. The molecule has 2 aromatic rings. The van der Waals surface area contributed by atoms with Crippen molar-refractivity contribution in [3.63, 3.8) is 0 Å². The van der Waals surface area contributed by atoms with Gasteiger partial charge < -0.3 is 5.32 Å². The van der Waals surface area contributed by atoms with Crippen LogP contribution in [0.25, 0.3) is 0 Å². The molecule has 1 N–H and O–H groups in total. The minimum Gasteiger partial charge on any atom is -0.353 e. The van der Waals surface area contributed by atoms with Crippen molar-refractivity contribution < 1.29 is 9.00 Å². The van der Waals surface area contributed by atoms with Crippen LogP contribution in [0.1, 0.15) is 23.6 Å². The summed E-state index contributed by atoms with van der Waals surface area (Å²) in [6.07, 6.45) is 2.82. The van der Waals surface area contributed by atoms with Crippen molar-refractivity contribution >= 4 is 16.7 Å². The van der Waals surface area contributed by atoms with Gasteiger partial charge in [-0.2, -0.15) is 0 Å². The van der Waals surface area contributed by atoms with Crippen molar-refractivity contribution in [1.82, 2.24) is 5.32 Å². The lowest BCUT2D eigenvalue weighted by atomic mass is 10.0. The molecule has 2 atom stereocenters. The van der Waals surface area contributed by atoms with Crippen LogP contribution >= 0.6 is 0 Å². The molecule has 0 unspecified atom stereocenters. The van der Waals surface area contributed by atoms with E-state index in [-0.39, 0.29) is 11.9 Å². The summed E-state index contributed by atoms with van der Waals surface area (Å²) in [5.41, 5.74) is 3.44. The van der Waals surface area contributed by atoms with Crippen LogP contribution in [-0.2, 0) is 28.4 Å². The molecular formula is C19H23NO2S. The summed E-state index contributed by atoms with van der Waals surface area (Å²) in [6, 6.07) is 15.7. The van der Waals surface area contributed by atoms with Gasteiger partial charge in [-0.1, -0.05) is 36.4 Å². The SMILES string of the molecule is Cc1ccccc1C[C@@H](C)NC(=O)Cc1ccc([S@](C)=O)cc1. The molecule has 1 amide bonds. The fraction of sp³-hybridized carbons (Fsp3) is 0.316. The second kappa shape index (κ2) is 8.06. The van der Waals surface area contributed by atoms with E-state index in [1.165, 1.54) is 11.1 Å². The van der Waals surface area contributed by atoms with Crippen molar-refractivity contribution in [1.29, 1.82) is 0 Å². The predicted octanol–water partition coefficient (Wildman–Crippen LogP) is 3.02. The number of benzene rings is 2. The van der Waals surface area contributed by atoms with Crippen molar-refractivity contribution in [2.45, 2.75) is 37.6 Å². The van der Waals surface area contributed by atoms with Crippen LogP contribution in [0.4, 0.5) is 0 Å². The molecule has 2 rings (SSSR count). The summed E-state index contributed by atoms with van der Waals surface area (Å²) in [7, 11) is -0.985. The van der Waals surface area contributed by atoms with Crippen molar-refractivity contribution in [2.24, 2.45) is 0 Å². The third-order valence-corrected chi connectivity index (χ3v) is 4.75. The average Bonchev–Trinajstić information content (AvgIpc) is 2.50. The molecule has 0 radical (unpaired) electrons. The van der Waals surface area contributed by atoms with Gasteiger partial charge in [0.1, 0.15) is 0 Å². The number of aryl methyl sites for hydroxylation is 1. The monoisotopic (exact) mass is 329 g/mol. The maximum atomic E-state index is 12.1. The summed E-state index contributed by atoms with van der Waals surface area (Å²) < 4.78 is 11.4. The summed E-state index contributed by atoms with van der Waals surface area (Å²) in [5.74, 6) is 0.0106. The third kappa shape index (κ3) is 5.32. The maximum Gasteiger partial charge on any atom is 0.224 e. The highest BCUT2D eigenvalue weighted by atomic mass is 32.2. The van der Waals surface area contributed by atoms with E-state index in [2.05, 4.69) is 24.4 Å². The number of carbonyl (C=O) groups excluding carboxylic acids is 1. The zero-order chi connectivity index (χ0) is 16.8. The van der Waals surface area contributed by atoms with Gasteiger partial charge in [0.05, 0.1) is 6.42 Å². The summed E-state index contributed by atoms with van der Waals surface area (Å²) in [6.45, 7) is 4.11. The minimum absolute atomic E-state index is 0.0106. The summed E-state index contributed by atoms with van der Waals surface area (Å²) >= 11 is 0. The van der Waals surface area contributed by atoms with Gasteiger partial charge in [0.2, 0.25) is 5.91 Å². The van der Waals surface area contributed by atoms with Gasteiger partial charge in [0.15, 0.2) is 0 Å². The fourth-order valence-corrected chi connectivity index (χ4v) is 3.05. The van der Waals surface area contributed by atoms with E-state index < -0.39 is 10.8 Å². The highest BCUT2D eigenvalue weighted by Crippen LogP contribution is 2.11. The molecule has 23 heavy (non-hydrogen) atoms. The van der Waals surface area contributed by atoms with E-state index >= 15 is 0 Å². The maximum absolute atomic E-state index is 12.1. The number of nitrogens with one attached hydrogen (secondary N) is 1. The van der Waals surface area contributed by atoms with E-state index in [4.69, 9.17) is 0 Å². The summed E-state index contributed by atoms with van der Waals surface area (Å²) in [5, 5.41) is 3.04. The highest BCUT2D eigenvalue weighted by molar-refractivity contribution is 7.84. The van der Waals surface area contributed by atoms with E-state index in [1.807, 2.05) is 43.3 Å². The Labute approximate surface area is 140 Å². The standard InChI is InChI=1S/C19H23NO2S/c1-14-6-4-5-7-17(14)12-15(2)20-19(21)13-16-8-10-18(11-9-16)23(3)22/h4-11,15H,12-13H2,1-3H3,(H,20,21)/t15-,23+/m1/s1. The minimum atomic E-state index is -0.985. The molecule has 0 saturated heterocycles. The molecule has 2 aromatic carbocycles. The molecule has 0 aliphatic rings. The molecule has 3 nitrogen and oxygen atoms in total. The van der Waals surface area contributed by atoms with E-state index in [0.717, 1.165) is 16.9 Å². The smallest absolute Gasteiger partial charge is 0.224 e. The third-order valence-electron chi connectivity index (χ3n) is 3.81. The Morgan fingerprint density at radius 1 is 1.13 bits per heavy atom. The summed E-state index contributed by atoms with van der Waals surface area (Å²) in [4.78, 5) is 12.9. The van der Waals surface area contributed by atoms with Gasteiger partial charge in [-0.3, -0.25) is 9.00 Å². The number of amides is 1. The first-order valence-corrected chi connectivity index (χ1v) is 9.27. The number of hydrogen-bond acceptors (Lipinski definition) is 2. The lowest BCUT2D eigenvalue weighted by molar-refractivity contribution is -0.121. The molecule has 0 aliphatic carbocycles. The lowest BCUT2D eigenvalue weighted by Crippen LogP contribution is -2.35. The Morgan fingerprint density at radius 2 is 1.78 bits per heavy atom. The lowest BCUT2D eigenvalue weighted by Gasteiger charge is -2.15. The van der Waals surface area contributed by atoms with Crippen LogP contribution in [0.5, 0.6) is 0 Å². The topological polar surface area (TPSA) is 46.2 Å². The Balaban J connectivity index is 1.89. The van der Waals surface area contributed by atoms with E-state index in [9.17, 15) is 9.00 Å². The van der Waals surface area contributed by atoms with Gasteiger partial charge in [-0.15, -0.1) is 0 Å². The first-order chi connectivity index (χ1) is 11.0. The molecule has 0 aliphatic heterocycles. The quantitative estimate of drug-likeness (QED) is 0.885. The Hall–Kier alpha value is -1.94. The molecule has 0 saturated carbocycles. The fourth-order valence-electron chi connectivity index (χ4n) is 2.53. The van der Waals surface area contributed by atoms with E-state index in [0.29, 0.717) is 6.42 Å². The zero-order valence-corrected chi connectivity index (χ0v) is 14.7. The number of carbonyl (C=O) groups is 1. The highest BCUT2D eigenvalue weighted by Gasteiger charge is 2.10. The molecule has 0 aromatic heterocycles. The molecule has 0 fully saturated rings. The molecule has 122 valence electrons. The largest absolute Gasteiger partial charge is 0.353 e. The van der Waals surface area contributed by atoms with Crippen molar-refractivity contribution in [3.8, 4) is 0 Å². The first-order valence-electron chi connectivity index (χ1n) is 7.72.